The van der Waals surface area contributed by atoms with E-state index in [1.807, 2.05) is 18.2 Å². The third-order valence-electron chi connectivity index (χ3n) is 5.44. The van der Waals surface area contributed by atoms with Gasteiger partial charge in [-0.2, -0.15) is 0 Å². The Hall–Kier alpha value is -3.19. The fraction of sp³-hybridized carbons (Fsp3) is 0.250. The number of aromatic hydroxyl groups is 1. The Balaban J connectivity index is 1.40. The normalized spacial score (nSPS) is 15.2. The molecule has 3 aromatic rings. The number of aromatic nitrogens is 2. The van der Waals surface area contributed by atoms with E-state index in [1.54, 1.807) is 54.9 Å². The van der Waals surface area contributed by atoms with E-state index in [2.05, 4.69) is 15.3 Å². The van der Waals surface area contributed by atoms with Crippen LogP contribution in [0.1, 0.15) is 43.2 Å². The maximum Gasteiger partial charge on any atom is 0.227 e. The molecule has 1 fully saturated rings. The fourth-order valence-electron chi connectivity index (χ4n) is 3.73. The van der Waals surface area contributed by atoms with Crippen LogP contribution < -0.4 is 5.32 Å². The lowest BCUT2D eigenvalue weighted by atomic mass is 10.0. The van der Waals surface area contributed by atoms with Crippen LogP contribution in [-0.2, 0) is 9.84 Å². The van der Waals surface area contributed by atoms with Crippen molar-refractivity contribution in [3.63, 3.8) is 0 Å². The number of nitrogens with zero attached hydrogens (tertiary/aromatic N) is 2. The summed E-state index contributed by atoms with van der Waals surface area (Å²) in [4.78, 5) is 8.99. The van der Waals surface area contributed by atoms with Crippen molar-refractivity contribution in [1.29, 1.82) is 0 Å². The number of hydrogen-bond donors (Lipinski definition) is 2. The molecule has 6 nitrogen and oxygen atoms in total. The highest BCUT2D eigenvalue weighted by atomic mass is 32.2. The van der Waals surface area contributed by atoms with Gasteiger partial charge in [0.2, 0.25) is 5.95 Å². The lowest BCUT2D eigenvalue weighted by Gasteiger charge is -2.21. The molecule has 0 spiro atoms. The highest BCUT2D eigenvalue weighted by Crippen LogP contribution is 2.29. The first-order valence-electron chi connectivity index (χ1n) is 10.4. The first kappa shape index (κ1) is 21.1. The van der Waals surface area contributed by atoms with Gasteiger partial charge in [-0.25, -0.2) is 18.4 Å². The van der Waals surface area contributed by atoms with E-state index in [0.717, 1.165) is 48.9 Å². The van der Waals surface area contributed by atoms with E-state index in [4.69, 9.17) is 0 Å². The molecule has 7 heteroatoms. The summed E-state index contributed by atoms with van der Waals surface area (Å²) >= 11 is 0. The minimum absolute atomic E-state index is 0.218. The summed E-state index contributed by atoms with van der Waals surface area (Å²) in [5.41, 5.74) is 2.43. The van der Waals surface area contributed by atoms with Gasteiger partial charge in [0.1, 0.15) is 5.75 Å². The number of sulfone groups is 1. The molecule has 1 heterocycles. The molecule has 0 radical (unpaired) electrons. The Morgan fingerprint density at radius 1 is 0.903 bits per heavy atom. The number of anilines is 2. The Bertz CT molecular complexity index is 1150. The first-order chi connectivity index (χ1) is 15.0. The molecule has 0 aliphatic heterocycles. The fourth-order valence-corrected chi connectivity index (χ4v) is 5.59. The highest BCUT2D eigenvalue weighted by Gasteiger charge is 2.28. The maximum atomic E-state index is 12.8. The smallest absolute Gasteiger partial charge is 0.227 e. The molecular formula is C24H25N3O3S. The monoisotopic (exact) mass is 435 g/mol. The van der Waals surface area contributed by atoms with Gasteiger partial charge in [0, 0.05) is 23.6 Å². The number of nitrogens with one attached hydrogen (secondary N) is 1. The van der Waals surface area contributed by atoms with Crippen LogP contribution >= 0.6 is 0 Å². The standard InChI is InChI=1S/C24H25N3O3S/c28-21-6-4-5-18(15-21)9-10-19-16-25-24(26-17-19)27-20-11-13-23(14-12-20)31(29,30)22-7-2-1-3-8-22/h4-6,9-17,22,28H,1-3,7-8H2,(H,25,26,27)/b10-9+. The second-order valence-electron chi connectivity index (χ2n) is 7.72. The Kier molecular flexibility index (Phi) is 6.32. The quantitative estimate of drug-likeness (QED) is 0.553. The van der Waals surface area contributed by atoms with Crippen LogP contribution in [0, 0.1) is 0 Å². The number of rotatable bonds is 6. The number of hydrogen-bond acceptors (Lipinski definition) is 6. The van der Waals surface area contributed by atoms with Crippen molar-refractivity contribution in [2.24, 2.45) is 0 Å². The van der Waals surface area contributed by atoms with Crippen molar-refractivity contribution in [2.45, 2.75) is 42.2 Å². The molecule has 0 unspecified atom stereocenters. The summed E-state index contributed by atoms with van der Waals surface area (Å²) in [6, 6.07) is 13.8. The number of phenolic OH excluding ortho intramolecular Hbond substituents is 1. The molecule has 1 aromatic heterocycles. The molecule has 2 N–H and O–H groups in total. The predicted octanol–water partition coefficient (Wildman–Crippen LogP) is 5.20. The van der Waals surface area contributed by atoms with Gasteiger partial charge in [-0.3, -0.25) is 0 Å². The Morgan fingerprint density at radius 3 is 2.26 bits per heavy atom. The molecule has 2 aromatic carbocycles. The van der Waals surface area contributed by atoms with E-state index in [9.17, 15) is 13.5 Å². The molecule has 0 atom stereocenters. The molecule has 1 saturated carbocycles. The average molecular weight is 436 g/mol. The lowest BCUT2D eigenvalue weighted by molar-refractivity contribution is 0.475. The minimum Gasteiger partial charge on any atom is -0.508 e. The molecule has 0 bridgehead atoms. The molecule has 4 rings (SSSR count). The van der Waals surface area contributed by atoms with Gasteiger partial charge in [0.05, 0.1) is 10.1 Å². The third-order valence-corrected chi connectivity index (χ3v) is 7.72. The van der Waals surface area contributed by atoms with Gasteiger partial charge in [-0.15, -0.1) is 0 Å². The van der Waals surface area contributed by atoms with Crippen LogP contribution in [0.5, 0.6) is 5.75 Å². The minimum atomic E-state index is -3.27. The van der Waals surface area contributed by atoms with E-state index in [1.165, 1.54) is 0 Å². The van der Waals surface area contributed by atoms with E-state index in [-0.39, 0.29) is 11.0 Å². The average Bonchev–Trinajstić information content (AvgIpc) is 2.80. The molecule has 0 amide bonds. The molecule has 1 aliphatic rings. The number of benzene rings is 2. The summed E-state index contributed by atoms with van der Waals surface area (Å²) < 4.78 is 25.6. The van der Waals surface area contributed by atoms with Crippen LogP contribution in [0.15, 0.2) is 65.8 Å². The Labute approximate surface area is 182 Å². The van der Waals surface area contributed by atoms with E-state index in [0.29, 0.717) is 10.8 Å². The summed E-state index contributed by atoms with van der Waals surface area (Å²) in [5, 5.41) is 12.4. The zero-order valence-electron chi connectivity index (χ0n) is 17.1. The first-order valence-corrected chi connectivity index (χ1v) is 12.0. The van der Waals surface area contributed by atoms with Gasteiger partial charge in [0.25, 0.3) is 0 Å². The summed E-state index contributed by atoms with van der Waals surface area (Å²) in [5.74, 6) is 0.646. The van der Waals surface area contributed by atoms with Crippen molar-refractivity contribution in [1.82, 2.24) is 9.97 Å². The van der Waals surface area contributed by atoms with Crippen LogP contribution in [0.25, 0.3) is 12.2 Å². The van der Waals surface area contributed by atoms with Crippen LogP contribution in [0.2, 0.25) is 0 Å². The zero-order valence-corrected chi connectivity index (χ0v) is 17.9. The van der Waals surface area contributed by atoms with Crippen molar-refractivity contribution < 1.29 is 13.5 Å². The van der Waals surface area contributed by atoms with Crippen molar-refractivity contribution in [3.05, 3.63) is 72.1 Å². The van der Waals surface area contributed by atoms with Gasteiger partial charge in [-0.05, 0) is 54.8 Å². The predicted molar refractivity (Wildman–Crippen MR) is 123 cm³/mol. The zero-order chi connectivity index (χ0) is 21.7. The van der Waals surface area contributed by atoms with Crippen molar-refractivity contribution in [3.8, 4) is 5.75 Å². The lowest BCUT2D eigenvalue weighted by Crippen LogP contribution is -2.24. The van der Waals surface area contributed by atoms with E-state index >= 15 is 0 Å². The third kappa shape index (κ3) is 5.30. The maximum absolute atomic E-state index is 12.8. The number of phenols is 1. The summed E-state index contributed by atoms with van der Waals surface area (Å²) in [6.45, 7) is 0. The molecule has 0 saturated heterocycles. The second-order valence-corrected chi connectivity index (χ2v) is 9.95. The van der Waals surface area contributed by atoms with Gasteiger partial charge in [0.15, 0.2) is 9.84 Å². The highest BCUT2D eigenvalue weighted by molar-refractivity contribution is 7.92. The van der Waals surface area contributed by atoms with Gasteiger partial charge < -0.3 is 10.4 Å². The molecule has 31 heavy (non-hydrogen) atoms. The van der Waals surface area contributed by atoms with Crippen LogP contribution in [-0.4, -0.2) is 28.7 Å². The van der Waals surface area contributed by atoms with Crippen molar-refractivity contribution >= 4 is 33.6 Å². The molecule has 1 aliphatic carbocycles. The largest absolute Gasteiger partial charge is 0.508 e. The van der Waals surface area contributed by atoms with Gasteiger partial charge >= 0.3 is 0 Å². The molecular weight excluding hydrogens is 410 g/mol. The SMILES string of the molecule is O=S(=O)(c1ccc(Nc2ncc(/C=C/c3cccc(O)c3)cn2)cc1)C1CCCCC1. The van der Waals surface area contributed by atoms with Crippen LogP contribution in [0.3, 0.4) is 0 Å². The van der Waals surface area contributed by atoms with E-state index < -0.39 is 9.84 Å². The van der Waals surface area contributed by atoms with Crippen molar-refractivity contribution in [2.75, 3.05) is 5.32 Å². The summed E-state index contributed by atoms with van der Waals surface area (Å²) in [6.07, 6.45) is 11.7. The molecule has 160 valence electrons. The second kappa shape index (κ2) is 9.31. The van der Waals surface area contributed by atoms with Crippen LogP contribution in [0.4, 0.5) is 11.6 Å². The Morgan fingerprint density at radius 2 is 1.58 bits per heavy atom. The van der Waals surface area contributed by atoms with Gasteiger partial charge in [-0.1, -0.05) is 43.5 Å². The topological polar surface area (TPSA) is 92.2 Å². The summed E-state index contributed by atoms with van der Waals surface area (Å²) in [7, 11) is -3.27.